The van der Waals surface area contributed by atoms with E-state index in [0.29, 0.717) is 5.69 Å². The maximum Gasteiger partial charge on any atom is 0.226 e. The number of benzene rings is 1. The molecule has 1 N–H and O–H groups in total. The van der Waals surface area contributed by atoms with Gasteiger partial charge in [0.1, 0.15) is 11.6 Å². The van der Waals surface area contributed by atoms with Gasteiger partial charge in [0.05, 0.1) is 17.7 Å². The van der Waals surface area contributed by atoms with Gasteiger partial charge < -0.3 is 9.84 Å². The van der Waals surface area contributed by atoms with Gasteiger partial charge in [-0.1, -0.05) is 5.16 Å². The summed E-state index contributed by atoms with van der Waals surface area (Å²) < 4.78 is 31.5. The second-order valence-corrected chi connectivity index (χ2v) is 5.78. The van der Waals surface area contributed by atoms with Gasteiger partial charge in [-0.2, -0.15) is 0 Å². The largest absolute Gasteiger partial charge is 0.356 e. The highest BCUT2D eigenvalue weighted by Crippen LogP contribution is 2.24. The molecule has 0 aliphatic carbocycles. The van der Waals surface area contributed by atoms with Crippen molar-refractivity contribution in [2.45, 2.75) is 32.7 Å². The Morgan fingerprint density at radius 3 is 2.62 bits per heavy atom. The summed E-state index contributed by atoms with van der Waals surface area (Å²) in [5, 5.41) is 6.52. The first-order valence-electron chi connectivity index (χ1n) is 6.46. The van der Waals surface area contributed by atoms with Gasteiger partial charge in [0, 0.05) is 17.7 Å². The van der Waals surface area contributed by atoms with Crippen molar-refractivity contribution >= 4 is 5.91 Å². The minimum absolute atomic E-state index is 0.0313. The van der Waals surface area contributed by atoms with E-state index in [9.17, 15) is 13.6 Å². The van der Waals surface area contributed by atoms with E-state index in [4.69, 9.17) is 4.52 Å². The van der Waals surface area contributed by atoms with Gasteiger partial charge >= 0.3 is 0 Å². The van der Waals surface area contributed by atoms with Crippen LogP contribution in [0.4, 0.5) is 8.78 Å². The molecule has 2 rings (SSSR count). The molecule has 1 amide bonds. The Morgan fingerprint density at radius 2 is 2.00 bits per heavy atom. The van der Waals surface area contributed by atoms with E-state index in [1.54, 1.807) is 0 Å². The molecule has 6 heteroatoms. The molecule has 1 heterocycles. The average molecular weight is 294 g/mol. The number of aromatic nitrogens is 1. The molecule has 0 saturated carbocycles. The van der Waals surface area contributed by atoms with Crippen LogP contribution in [0.15, 0.2) is 28.8 Å². The van der Waals surface area contributed by atoms with Crippen LogP contribution in [0.1, 0.15) is 26.5 Å². The van der Waals surface area contributed by atoms with Crippen LogP contribution in [-0.4, -0.2) is 16.6 Å². The molecule has 4 nitrogen and oxygen atoms in total. The summed E-state index contributed by atoms with van der Waals surface area (Å²) in [7, 11) is 0. The van der Waals surface area contributed by atoms with E-state index in [2.05, 4.69) is 10.5 Å². The van der Waals surface area contributed by atoms with Crippen LogP contribution in [-0.2, 0) is 11.2 Å². The highest BCUT2D eigenvalue weighted by atomic mass is 19.1. The van der Waals surface area contributed by atoms with E-state index in [1.165, 1.54) is 12.1 Å². The molecule has 2 aromatic rings. The number of carbonyl (C=O) groups is 1. The standard InChI is InChI=1S/C15H16F2N2O2/c1-15(2,3)18-14(20)8-10-7-13(21-19-10)11-5-4-9(16)6-12(11)17/h4-7H,8H2,1-3H3,(H,18,20). The topological polar surface area (TPSA) is 55.1 Å². The SMILES string of the molecule is CC(C)(C)NC(=O)Cc1cc(-c2ccc(F)cc2F)on1. The number of amides is 1. The summed E-state index contributed by atoms with van der Waals surface area (Å²) in [6.07, 6.45) is 0.0313. The Kier molecular flexibility index (Phi) is 4.06. The molecule has 1 aromatic carbocycles. The lowest BCUT2D eigenvalue weighted by molar-refractivity contribution is -0.121. The fourth-order valence-electron chi connectivity index (χ4n) is 1.84. The number of hydrogen-bond acceptors (Lipinski definition) is 3. The average Bonchev–Trinajstić information content (AvgIpc) is 2.74. The summed E-state index contributed by atoms with van der Waals surface area (Å²) in [4.78, 5) is 11.8. The van der Waals surface area contributed by atoms with Crippen molar-refractivity contribution in [3.05, 3.63) is 41.6 Å². The Balaban J connectivity index is 2.13. The molecule has 0 aliphatic heterocycles. The molecule has 21 heavy (non-hydrogen) atoms. The predicted molar refractivity (Wildman–Crippen MR) is 73.5 cm³/mol. The van der Waals surface area contributed by atoms with E-state index < -0.39 is 11.6 Å². The zero-order valence-corrected chi connectivity index (χ0v) is 12.0. The lowest BCUT2D eigenvalue weighted by Gasteiger charge is -2.19. The van der Waals surface area contributed by atoms with E-state index in [1.807, 2.05) is 20.8 Å². The van der Waals surface area contributed by atoms with Crippen molar-refractivity contribution in [3.63, 3.8) is 0 Å². The fraction of sp³-hybridized carbons (Fsp3) is 0.333. The van der Waals surface area contributed by atoms with Crippen LogP contribution < -0.4 is 5.32 Å². The highest BCUT2D eigenvalue weighted by molar-refractivity contribution is 5.79. The van der Waals surface area contributed by atoms with E-state index in [0.717, 1.165) is 12.1 Å². The molecule has 0 radical (unpaired) electrons. The Morgan fingerprint density at radius 1 is 1.29 bits per heavy atom. The fourth-order valence-corrected chi connectivity index (χ4v) is 1.84. The molecule has 0 spiro atoms. The molecule has 0 aliphatic rings. The number of carbonyl (C=O) groups excluding carboxylic acids is 1. The molecular weight excluding hydrogens is 278 g/mol. The molecule has 112 valence electrons. The minimum atomic E-state index is -0.739. The number of nitrogens with zero attached hydrogens (tertiary/aromatic N) is 1. The van der Waals surface area contributed by atoms with Gasteiger partial charge in [-0.05, 0) is 32.9 Å². The molecule has 1 aromatic heterocycles. The first-order valence-corrected chi connectivity index (χ1v) is 6.46. The Labute approximate surface area is 121 Å². The van der Waals surface area contributed by atoms with Gasteiger partial charge in [0.25, 0.3) is 0 Å². The van der Waals surface area contributed by atoms with Gasteiger partial charge in [-0.25, -0.2) is 8.78 Å². The maximum absolute atomic E-state index is 13.6. The van der Waals surface area contributed by atoms with Gasteiger partial charge in [0.2, 0.25) is 5.91 Å². The first-order chi connectivity index (χ1) is 9.74. The molecule has 0 saturated heterocycles. The van der Waals surface area contributed by atoms with Gasteiger partial charge in [0.15, 0.2) is 5.76 Å². The Bertz CT molecular complexity index is 660. The van der Waals surface area contributed by atoms with Crippen LogP contribution in [0, 0.1) is 11.6 Å². The van der Waals surface area contributed by atoms with Crippen molar-refractivity contribution in [2.24, 2.45) is 0 Å². The van der Waals surface area contributed by atoms with Crippen molar-refractivity contribution in [2.75, 3.05) is 0 Å². The lowest BCUT2D eigenvalue weighted by atomic mass is 10.1. The molecule has 0 bridgehead atoms. The summed E-state index contributed by atoms with van der Waals surface area (Å²) >= 11 is 0. The maximum atomic E-state index is 13.6. The minimum Gasteiger partial charge on any atom is -0.356 e. The van der Waals surface area contributed by atoms with Crippen LogP contribution >= 0.6 is 0 Å². The third-order valence-electron chi connectivity index (χ3n) is 2.61. The number of nitrogens with one attached hydrogen (secondary N) is 1. The summed E-state index contributed by atoms with van der Waals surface area (Å²) in [6.45, 7) is 5.60. The summed E-state index contributed by atoms with van der Waals surface area (Å²) in [5.41, 5.74) is 0.147. The van der Waals surface area contributed by atoms with Crippen LogP contribution in [0.2, 0.25) is 0 Å². The molecule has 0 fully saturated rings. The van der Waals surface area contributed by atoms with Crippen molar-refractivity contribution in [1.29, 1.82) is 0 Å². The predicted octanol–water partition coefficient (Wildman–Crippen LogP) is 3.08. The quantitative estimate of drug-likeness (QED) is 0.946. The number of rotatable bonds is 3. The van der Waals surface area contributed by atoms with E-state index >= 15 is 0 Å². The monoisotopic (exact) mass is 294 g/mol. The molecular formula is C15H16F2N2O2. The number of hydrogen-bond donors (Lipinski definition) is 1. The first kappa shape index (κ1) is 15.2. The highest BCUT2D eigenvalue weighted by Gasteiger charge is 2.17. The van der Waals surface area contributed by atoms with Gasteiger partial charge in [-0.3, -0.25) is 4.79 Å². The summed E-state index contributed by atoms with van der Waals surface area (Å²) in [6, 6.07) is 4.64. The van der Waals surface area contributed by atoms with Crippen molar-refractivity contribution in [3.8, 4) is 11.3 Å². The summed E-state index contributed by atoms with van der Waals surface area (Å²) in [5.74, 6) is -1.45. The zero-order chi connectivity index (χ0) is 15.6. The van der Waals surface area contributed by atoms with Crippen LogP contribution in [0.3, 0.4) is 0 Å². The normalized spacial score (nSPS) is 11.5. The third kappa shape index (κ3) is 4.11. The van der Waals surface area contributed by atoms with Crippen LogP contribution in [0.25, 0.3) is 11.3 Å². The second-order valence-electron chi connectivity index (χ2n) is 5.78. The second kappa shape index (κ2) is 5.63. The molecule has 0 unspecified atom stereocenters. The third-order valence-corrected chi connectivity index (χ3v) is 2.61. The lowest BCUT2D eigenvalue weighted by Crippen LogP contribution is -2.41. The van der Waals surface area contributed by atoms with Crippen molar-refractivity contribution in [1.82, 2.24) is 10.5 Å². The van der Waals surface area contributed by atoms with Gasteiger partial charge in [-0.15, -0.1) is 0 Å². The van der Waals surface area contributed by atoms with Crippen LogP contribution in [0.5, 0.6) is 0 Å². The van der Waals surface area contributed by atoms with E-state index in [-0.39, 0.29) is 29.2 Å². The zero-order valence-electron chi connectivity index (χ0n) is 12.0. The molecule has 0 atom stereocenters. The van der Waals surface area contributed by atoms with Crippen molar-refractivity contribution < 1.29 is 18.1 Å². The number of halogens is 2. The smallest absolute Gasteiger partial charge is 0.226 e. The Hall–Kier alpha value is -2.24.